The molecule has 0 aliphatic heterocycles. The van der Waals surface area contributed by atoms with Crippen molar-refractivity contribution in [2.24, 2.45) is 46.3 Å². The van der Waals surface area contributed by atoms with E-state index >= 15 is 0 Å². The van der Waals surface area contributed by atoms with E-state index < -0.39 is 0 Å². The highest BCUT2D eigenvalue weighted by Gasteiger charge is 2.58. The number of halogens is 1. The van der Waals surface area contributed by atoms with Crippen molar-refractivity contribution in [3.63, 3.8) is 0 Å². The van der Waals surface area contributed by atoms with Crippen LogP contribution in [0.2, 0.25) is 0 Å². The molecular formula is C27H43Cl. The normalized spacial score (nSPS) is 43.7. The minimum absolute atomic E-state index is 0.392. The third-order valence-electron chi connectivity index (χ3n) is 9.92. The van der Waals surface area contributed by atoms with Crippen molar-refractivity contribution in [1.82, 2.24) is 0 Å². The van der Waals surface area contributed by atoms with Crippen molar-refractivity contribution in [3.8, 4) is 0 Å². The molecule has 0 nitrogen and oxygen atoms in total. The summed E-state index contributed by atoms with van der Waals surface area (Å²) in [4.78, 5) is 0. The highest BCUT2D eigenvalue weighted by molar-refractivity contribution is 6.29. The largest absolute Gasteiger partial charge is 0.0891 e. The molecular weight excluding hydrogens is 360 g/mol. The fraction of sp³-hybridized carbons (Fsp3) is 0.852. The molecule has 0 saturated heterocycles. The monoisotopic (exact) mass is 402 g/mol. The molecule has 28 heavy (non-hydrogen) atoms. The van der Waals surface area contributed by atoms with Crippen molar-refractivity contribution < 1.29 is 0 Å². The maximum absolute atomic E-state index is 6.42. The summed E-state index contributed by atoms with van der Waals surface area (Å²) in [5, 5.41) is 1.08. The average molecular weight is 403 g/mol. The van der Waals surface area contributed by atoms with Gasteiger partial charge >= 0.3 is 0 Å². The third-order valence-corrected chi connectivity index (χ3v) is 10.2. The number of hydrogen-bond acceptors (Lipinski definition) is 0. The van der Waals surface area contributed by atoms with Crippen LogP contribution in [0.4, 0.5) is 0 Å². The lowest BCUT2D eigenvalue weighted by molar-refractivity contribution is -0.0452. The lowest BCUT2D eigenvalue weighted by Crippen LogP contribution is -2.49. The molecule has 7 atom stereocenters. The van der Waals surface area contributed by atoms with Gasteiger partial charge in [-0.1, -0.05) is 71.6 Å². The zero-order valence-electron chi connectivity index (χ0n) is 19.1. The van der Waals surface area contributed by atoms with Crippen molar-refractivity contribution in [1.29, 1.82) is 0 Å². The Bertz CT molecular complexity index is 643. The zero-order valence-corrected chi connectivity index (χ0v) is 19.8. The van der Waals surface area contributed by atoms with Crippen LogP contribution in [-0.4, -0.2) is 0 Å². The van der Waals surface area contributed by atoms with Gasteiger partial charge < -0.3 is 0 Å². The summed E-state index contributed by atoms with van der Waals surface area (Å²) in [6.07, 6.45) is 18.8. The molecule has 0 amide bonds. The van der Waals surface area contributed by atoms with Crippen LogP contribution < -0.4 is 0 Å². The van der Waals surface area contributed by atoms with Crippen LogP contribution in [0.15, 0.2) is 22.8 Å². The van der Waals surface area contributed by atoms with Crippen molar-refractivity contribution in [2.75, 3.05) is 0 Å². The molecule has 158 valence electrons. The maximum Gasteiger partial charge on any atom is 0.0184 e. The lowest BCUT2D eigenvalue weighted by Gasteiger charge is -2.57. The summed E-state index contributed by atoms with van der Waals surface area (Å²) >= 11 is 6.42. The van der Waals surface area contributed by atoms with Crippen LogP contribution in [-0.2, 0) is 0 Å². The predicted molar refractivity (Wildman–Crippen MR) is 122 cm³/mol. The fourth-order valence-corrected chi connectivity index (χ4v) is 8.53. The van der Waals surface area contributed by atoms with E-state index in [2.05, 4.69) is 46.8 Å². The summed E-state index contributed by atoms with van der Waals surface area (Å²) in [6, 6.07) is 0. The quantitative estimate of drug-likeness (QED) is 0.431. The standard InChI is InChI=1S/C27H43Cl/c1-18(2)7-6-8-19(3)23-11-12-24-22-10-9-20-17-21(28)13-15-26(20,4)25(22)14-16-27(23,24)5/h9,17-19,22-25H,6-8,10-16H2,1-5H3/t19-,22+,23-,24+,25+,26+,27-/m1/s1. The van der Waals surface area contributed by atoms with E-state index in [9.17, 15) is 0 Å². The Morgan fingerprint density at radius 2 is 1.82 bits per heavy atom. The van der Waals surface area contributed by atoms with Crippen molar-refractivity contribution >= 4 is 11.6 Å². The van der Waals surface area contributed by atoms with Gasteiger partial charge in [-0.3, -0.25) is 0 Å². The first-order valence-corrected chi connectivity index (χ1v) is 12.7. The van der Waals surface area contributed by atoms with E-state index in [0.717, 1.165) is 47.0 Å². The Morgan fingerprint density at radius 1 is 1.04 bits per heavy atom. The van der Waals surface area contributed by atoms with Gasteiger partial charge in [0.25, 0.3) is 0 Å². The molecule has 0 unspecified atom stereocenters. The molecule has 0 aromatic carbocycles. The molecule has 1 heteroatoms. The van der Waals surface area contributed by atoms with Gasteiger partial charge in [-0.05, 0) is 103 Å². The minimum atomic E-state index is 0.392. The van der Waals surface area contributed by atoms with Crippen LogP contribution in [0.3, 0.4) is 0 Å². The lowest BCUT2D eigenvalue weighted by atomic mass is 9.47. The first kappa shape index (κ1) is 21.0. The number of hydrogen-bond donors (Lipinski definition) is 0. The Labute approximate surface area is 179 Å². The molecule has 0 heterocycles. The van der Waals surface area contributed by atoms with E-state index in [1.54, 1.807) is 5.57 Å². The molecule has 0 radical (unpaired) electrons. The van der Waals surface area contributed by atoms with E-state index in [1.807, 2.05) is 0 Å². The second-order valence-corrected chi connectivity index (χ2v) is 12.3. The highest BCUT2D eigenvalue weighted by Crippen LogP contribution is 2.67. The molecule has 2 fully saturated rings. The average Bonchev–Trinajstić information content (AvgIpc) is 2.99. The molecule has 0 spiro atoms. The number of rotatable bonds is 5. The van der Waals surface area contributed by atoms with Gasteiger partial charge in [0.05, 0.1) is 0 Å². The van der Waals surface area contributed by atoms with Gasteiger partial charge in [0, 0.05) is 5.03 Å². The first-order chi connectivity index (χ1) is 13.3. The Hall–Kier alpha value is -0.230. The third kappa shape index (κ3) is 3.44. The summed E-state index contributed by atoms with van der Waals surface area (Å²) in [5.74, 6) is 5.50. The van der Waals surface area contributed by atoms with Crippen LogP contribution in [0.5, 0.6) is 0 Å². The molecule has 4 aliphatic rings. The summed E-state index contributed by atoms with van der Waals surface area (Å²) < 4.78 is 0. The molecule has 4 rings (SSSR count). The van der Waals surface area contributed by atoms with E-state index in [0.29, 0.717) is 10.8 Å². The SMILES string of the molecule is CC(C)CCC[C@@H](C)[C@H]1CC[C@H]2[C@@H]3CC=C4C=C(Cl)CC[C@]4(C)[C@H]3CC[C@]12C. The van der Waals surface area contributed by atoms with Crippen LogP contribution in [0, 0.1) is 46.3 Å². The Morgan fingerprint density at radius 3 is 2.57 bits per heavy atom. The molecule has 4 aliphatic carbocycles. The Balaban J connectivity index is 1.51. The zero-order chi connectivity index (χ0) is 20.1. The molecule has 0 N–H and O–H groups in total. The molecule has 0 bridgehead atoms. The summed E-state index contributed by atoms with van der Waals surface area (Å²) in [5.41, 5.74) is 2.57. The Kier molecular flexibility index (Phi) is 5.85. The topological polar surface area (TPSA) is 0 Å². The number of fused-ring (bicyclic) bond motifs is 5. The van der Waals surface area contributed by atoms with Gasteiger partial charge in [-0.25, -0.2) is 0 Å². The van der Waals surface area contributed by atoms with E-state index in [4.69, 9.17) is 11.6 Å². The van der Waals surface area contributed by atoms with Gasteiger partial charge in [-0.2, -0.15) is 0 Å². The fourth-order valence-electron chi connectivity index (χ4n) is 8.32. The molecule has 0 aromatic heterocycles. The van der Waals surface area contributed by atoms with Crippen LogP contribution >= 0.6 is 11.6 Å². The van der Waals surface area contributed by atoms with Gasteiger partial charge in [-0.15, -0.1) is 0 Å². The second-order valence-electron chi connectivity index (χ2n) is 11.8. The van der Waals surface area contributed by atoms with Crippen LogP contribution in [0.25, 0.3) is 0 Å². The van der Waals surface area contributed by atoms with Crippen LogP contribution in [0.1, 0.15) is 98.8 Å². The highest BCUT2D eigenvalue weighted by atomic mass is 35.5. The molecule has 0 aromatic rings. The van der Waals surface area contributed by atoms with E-state index in [-0.39, 0.29) is 0 Å². The summed E-state index contributed by atoms with van der Waals surface area (Å²) in [6.45, 7) is 12.6. The van der Waals surface area contributed by atoms with Gasteiger partial charge in [0.1, 0.15) is 0 Å². The minimum Gasteiger partial charge on any atom is -0.0891 e. The smallest absolute Gasteiger partial charge is 0.0184 e. The maximum atomic E-state index is 6.42. The van der Waals surface area contributed by atoms with E-state index in [1.165, 1.54) is 57.8 Å². The van der Waals surface area contributed by atoms with Crippen molar-refractivity contribution in [3.05, 3.63) is 22.8 Å². The molecule has 2 saturated carbocycles. The number of allylic oxidation sites excluding steroid dienone is 4. The van der Waals surface area contributed by atoms with Gasteiger partial charge in [0.2, 0.25) is 0 Å². The predicted octanol–water partition coefficient (Wildman–Crippen LogP) is 8.76. The second kappa shape index (κ2) is 7.79. The summed E-state index contributed by atoms with van der Waals surface area (Å²) in [7, 11) is 0. The first-order valence-electron chi connectivity index (χ1n) is 12.3. The van der Waals surface area contributed by atoms with Crippen molar-refractivity contribution in [2.45, 2.75) is 98.8 Å². The van der Waals surface area contributed by atoms with Gasteiger partial charge in [0.15, 0.2) is 0 Å².